The maximum Gasteiger partial charge on any atom is 0.343 e. The van der Waals surface area contributed by atoms with Crippen LogP contribution >= 0.6 is 11.6 Å². The maximum atomic E-state index is 13.2. The Labute approximate surface area is 257 Å². The van der Waals surface area contributed by atoms with Crippen molar-refractivity contribution in [3.8, 4) is 34.1 Å². The zero-order chi connectivity index (χ0) is 31.2. The van der Waals surface area contributed by atoms with Crippen molar-refractivity contribution in [2.24, 2.45) is 5.10 Å². The number of H-pyrrole nitrogens is 1. The molecule has 5 aromatic rings. The fraction of sp³-hybridized carbons (Fsp3) is 0.0909. The van der Waals surface area contributed by atoms with Gasteiger partial charge in [-0.2, -0.15) is 5.10 Å². The predicted molar refractivity (Wildman–Crippen MR) is 166 cm³/mol. The van der Waals surface area contributed by atoms with Gasteiger partial charge in [0.25, 0.3) is 5.91 Å². The first-order valence-corrected chi connectivity index (χ1v) is 13.6. The van der Waals surface area contributed by atoms with Crippen molar-refractivity contribution in [3.05, 3.63) is 107 Å². The van der Waals surface area contributed by atoms with E-state index in [2.05, 4.69) is 15.5 Å². The minimum atomic E-state index is -0.683. The van der Waals surface area contributed by atoms with Gasteiger partial charge in [-0.1, -0.05) is 48.0 Å². The summed E-state index contributed by atoms with van der Waals surface area (Å²) in [5, 5.41) is 5.48. The minimum Gasteiger partial charge on any atom is -0.493 e. The van der Waals surface area contributed by atoms with E-state index in [0.717, 1.165) is 16.5 Å². The molecule has 0 fully saturated rings. The highest BCUT2D eigenvalue weighted by Gasteiger charge is 2.21. The number of carbonyl (C=O) groups is 3. The fourth-order valence-corrected chi connectivity index (χ4v) is 4.75. The number of ether oxygens (including phenoxy) is 4. The number of rotatable bonds is 9. The largest absolute Gasteiger partial charge is 0.493 e. The molecule has 1 heterocycles. The Bertz CT molecular complexity index is 1920. The van der Waals surface area contributed by atoms with Gasteiger partial charge in [-0.05, 0) is 54.1 Å². The van der Waals surface area contributed by atoms with Crippen LogP contribution in [-0.2, 0) is 4.79 Å². The normalized spacial score (nSPS) is 10.9. The number of aromatic nitrogens is 1. The highest BCUT2D eigenvalue weighted by molar-refractivity contribution is 6.34. The van der Waals surface area contributed by atoms with E-state index in [-0.39, 0.29) is 28.6 Å². The first-order valence-electron chi connectivity index (χ1n) is 13.2. The summed E-state index contributed by atoms with van der Waals surface area (Å²) in [7, 11) is 2.82. The average molecular weight is 612 g/mol. The summed E-state index contributed by atoms with van der Waals surface area (Å²) >= 11 is 6.48. The summed E-state index contributed by atoms with van der Waals surface area (Å²) in [5.41, 5.74) is 5.78. The first-order chi connectivity index (χ1) is 21.3. The van der Waals surface area contributed by atoms with Crippen molar-refractivity contribution >= 4 is 46.6 Å². The van der Waals surface area contributed by atoms with E-state index in [1.807, 2.05) is 42.5 Å². The number of nitrogens with one attached hydrogen (secondary N) is 2. The summed E-state index contributed by atoms with van der Waals surface area (Å²) in [4.78, 5) is 40.6. The van der Waals surface area contributed by atoms with Gasteiger partial charge in [0, 0.05) is 34.0 Å². The molecule has 0 atom stereocenters. The zero-order valence-electron chi connectivity index (χ0n) is 23.8. The van der Waals surface area contributed by atoms with E-state index in [4.69, 9.17) is 30.5 Å². The Morgan fingerprint density at radius 1 is 0.818 bits per heavy atom. The number of amides is 1. The van der Waals surface area contributed by atoms with Crippen LogP contribution in [0.2, 0.25) is 5.02 Å². The molecule has 0 aliphatic carbocycles. The van der Waals surface area contributed by atoms with Crippen LogP contribution in [0.4, 0.5) is 0 Å². The quantitative estimate of drug-likeness (QED) is 0.0852. The molecule has 1 aromatic heterocycles. The van der Waals surface area contributed by atoms with Crippen LogP contribution in [0.15, 0.2) is 90.0 Å². The molecule has 222 valence electrons. The second kappa shape index (κ2) is 13.1. The Kier molecular flexibility index (Phi) is 8.92. The van der Waals surface area contributed by atoms with Crippen molar-refractivity contribution in [2.75, 3.05) is 14.2 Å². The van der Waals surface area contributed by atoms with E-state index in [0.29, 0.717) is 21.8 Å². The second-order valence-electron chi connectivity index (χ2n) is 9.36. The van der Waals surface area contributed by atoms with Crippen LogP contribution in [0, 0.1) is 0 Å². The number of aromatic amines is 1. The van der Waals surface area contributed by atoms with Crippen molar-refractivity contribution in [3.63, 3.8) is 0 Å². The molecule has 0 aliphatic rings. The van der Waals surface area contributed by atoms with E-state index in [1.165, 1.54) is 51.6 Å². The number of benzene rings is 4. The maximum absolute atomic E-state index is 13.2. The van der Waals surface area contributed by atoms with Crippen molar-refractivity contribution in [2.45, 2.75) is 6.92 Å². The van der Waals surface area contributed by atoms with Gasteiger partial charge in [-0.25, -0.2) is 10.2 Å². The monoisotopic (exact) mass is 611 g/mol. The number of hydrogen-bond acceptors (Lipinski definition) is 8. The molecule has 44 heavy (non-hydrogen) atoms. The Hall–Kier alpha value is -5.61. The highest BCUT2D eigenvalue weighted by Crippen LogP contribution is 2.36. The van der Waals surface area contributed by atoms with Crippen LogP contribution < -0.4 is 24.4 Å². The lowest BCUT2D eigenvalue weighted by Crippen LogP contribution is -2.19. The van der Waals surface area contributed by atoms with E-state index in [1.54, 1.807) is 18.2 Å². The number of halogens is 1. The summed E-state index contributed by atoms with van der Waals surface area (Å²) in [5.74, 6) is -0.877. The minimum absolute atomic E-state index is 0.157. The van der Waals surface area contributed by atoms with E-state index in [9.17, 15) is 14.4 Å². The Morgan fingerprint density at radius 2 is 1.50 bits per heavy atom. The van der Waals surface area contributed by atoms with Gasteiger partial charge in [0.05, 0.1) is 26.0 Å². The number of fused-ring (bicyclic) bond motifs is 1. The van der Waals surface area contributed by atoms with Crippen molar-refractivity contribution in [1.29, 1.82) is 0 Å². The number of hydrazone groups is 1. The Morgan fingerprint density at radius 3 is 2.25 bits per heavy atom. The average Bonchev–Trinajstić information content (AvgIpc) is 3.41. The van der Waals surface area contributed by atoms with Gasteiger partial charge >= 0.3 is 11.9 Å². The number of para-hydroxylation sites is 1. The third-order valence-corrected chi connectivity index (χ3v) is 6.83. The molecule has 2 N–H and O–H groups in total. The summed E-state index contributed by atoms with van der Waals surface area (Å²) < 4.78 is 21.2. The number of esters is 2. The van der Waals surface area contributed by atoms with Gasteiger partial charge in [-0.3, -0.25) is 9.59 Å². The first kappa shape index (κ1) is 29.9. The molecule has 0 spiro atoms. The van der Waals surface area contributed by atoms with Crippen LogP contribution in [0.5, 0.6) is 23.0 Å². The van der Waals surface area contributed by atoms with Gasteiger partial charge < -0.3 is 23.9 Å². The van der Waals surface area contributed by atoms with Gasteiger partial charge in [0.1, 0.15) is 5.69 Å². The molecule has 0 saturated heterocycles. The number of nitrogens with zero attached hydrogens (tertiary/aromatic N) is 1. The Balaban J connectivity index is 1.32. The summed E-state index contributed by atoms with van der Waals surface area (Å²) in [6, 6.07) is 23.9. The predicted octanol–water partition coefficient (Wildman–Crippen LogP) is 6.41. The molecule has 5 rings (SSSR count). The molecule has 0 bridgehead atoms. The van der Waals surface area contributed by atoms with Gasteiger partial charge in [0.2, 0.25) is 0 Å². The van der Waals surface area contributed by atoms with Crippen LogP contribution in [0.3, 0.4) is 0 Å². The standard InChI is InChI=1S/C33H26ClN3O7/c1-19(38)43-26-15-13-21(17-29(26)42-3)33(40)44-27-14-12-20(16-28(27)41-2)18-35-37-32(39)31-30(22-8-4-6-10-24(22)34)23-9-5-7-11-25(23)36-31/h4-18,36H,1-3H3,(H,37,39). The molecular weight excluding hydrogens is 586 g/mol. The number of hydrogen-bond donors (Lipinski definition) is 2. The molecule has 0 aliphatic heterocycles. The molecule has 4 aromatic carbocycles. The number of methoxy groups -OCH3 is 2. The lowest BCUT2D eigenvalue weighted by atomic mass is 10.0. The third-order valence-electron chi connectivity index (χ3n) is 6.50. The zero-order valence-corrected chi connectivity index (χ0v) is 24.6. The van der Waals surface area contributed by atoms with Gasteiger partial charge in [0.15, 0.2) is 23.0 Å². The van der Waals surface area contributed by atoms with Gasteiger partial charge in [-0.15, -0.1) is 0 Å². The van der Waals surface area contributed by atoms with E-state index >= 15 is 0 Å². The van der Waals surface area contributed by atoms with Crippen LogP contribution in [0.25, 0.3) is 22.0 Å². The molecule has 1 amide bonds. The molecule has 0 unspecified atom stereocenters. The summed E-state index contributed by atoms with van der Waals surface area (Å²) in [6.45, 7) is 1.26. The molecule has 10 nitrogen and oxygen atoms in total. The lowest BCUT2D eigenvalue weighted by molar-refractivity contribution is -0.132. The SMILES string of the molecule is COc1cc(C(=O)Oc2ccc(C=NNC(=O)c3[nH]c4ccccc4c3-c3ccccc3Cl)cc2OC)ccc1OC(C)=O. The molecule has 0 radical (unpaired) electrons. The topological polar surface area (TPSA) is 128 Å². The summed E-state index contributed by atoms with van der Waals surface area (Å²) in [6.07, 6.45) is 1.43. The molecule has 0 saturated carbocycles. The van der Waals surface area contributed by atoms with Crippen LogP contribution in [-0.4, -0.2) is 43.3 Å². The number of carbonyl (C=O) groups excluding carboxylic acids is 3. The lowest BCUT2D eigenvalue weighted by Gasteiger charge is -2.12. The van der Waals surface area contributed by atoms with Crippen LogP contribution in [0.1, 0.15) is 33.3 Å². The second-order valence-corrected chi connectivity index (χ2v) is 9.77. The fourth-order valence-electron chi connectivity index (χ4n) is 4.52. The molecular formula is C33H26ClN3O7. The molecule has 11 heteroatoms. The van der Waals surface area contributed by atoms with E-state index < -0.39 is 17.8 Å². The third kappa shape index (κ3) is 6.40. The van der Waals surface area contributed by atoms with Crippen molar-refractivity contribution < 1.29 is 33.3 Å². The highest BCUT2D eigenvalue weighted by atomic mass is 35.5. The smallest absolute Gasteiger partial charge is 0.343 e. The van der Waals surface area contributed by atoms with Crippen molar-refractivity contribution in [1.82, 2.24) is 10.4 Å².